The van der Waals surface area contributed by atoms with Crippen molar-refractivity contribution < 1.29 is 9.53 Å². The summed E-state index contributed by atoms with van der Waals surface area (Å²) in [6.07, 6.45) is 0. The van der Waals surface area contributed by atoms with Gasteiger partial charge in [0.05, 0.1) is 18.4 Å². The highest BCUT2D eigenvalue weighted by Gasteiger charge is 2.14. The molecule has 0 fully saturated rings. The number of esters is 1. The minimum absolute atomic E-state index is 0.0471. The average molecular weight is 412 g/mol. The maximum atomic E-state index is 12.3. The van der Waals surface area contributed by atoms with Gasteiger partial charge in [0.15, 0.2) is 5.16 Å². The van der Waals surface area contributed by atoms with Gasteiger partial charge in [-0.3, -0.25) is 4.79 Å². The Morgan fingerprint density at radius 1 is 1.21 bits per heavy atom. The largest absolute Gasteiger partial charge is 0.465 e. The molecule has 6 nitrogen and oxygen atoms in total. The highest BCUT2D eigenvalue weighted by Crippen LogP contribution is 2.25. The molecule has 3 aromatic rings. The summed E-state index contributed by atoms with van der Waals surface area (Å²) in [6.45, 7) is 0. The van der Waals surface area contributed by atoms with E-state index in [4.69, 9.17) is 11.6 Å². The number of nitrogens with zero attached hydrogens (tertiary/aromatic N) is 2. The maximum absolute atomic E-state index is 12.3. The van der Waals surface area contributed by atoms with E-state index in [1.54, 1.807) is 48.5 Å². The van der Waals surface area contributed by atoms with Crippen LogP contribution >= 0.6 is 23.4 Å². The second-order valence-corrected chi connectivity index (χ2v) is 7.09. The molecule has 8 heteroatoms. The van der Waals surface area contributed by atoms with Crippen LogP contribution in [0.15, 0.2) is 58.5 Å². The van der Waals surface area contributed by atoms with Crippen molar-refractivity contribution in [3.8, 4) is 17.3 Å². The van der Waals surface area contributed by atoms with Crippen LogP contribution in [0.4, 0.5) is 0 Å². The number of carbonyl (C=O) groups is 1. The van der Waals surface area contributed by atoms with Crippen LogP contribution in [-0.2, 0) is 10.5 Å². The SMILES string of the molecule is COC(=O)c1ccc(CSc2nc(-c3ccc(Cl)cc3)c(C#N)c(=O)[nH]2)cc1. The number of carbonyl (C=O) groups excluding carboxylic acids is 1. The highest BCUT2D eigenvalue weighted by atomic mass is 35.5. The Bertz CT molecular complexity index is 1100. The normalized spacial score (nSPS) is 10.3. The van der Waals surface area contributed by atoms with Gasteiger partial charge in [0.1, 0.15) is 11.6 Å². The fourth-order valence-corrected chi connectivity index (χ4v) is 3.39. The smallest absolute Gasteiger partial charge is 0.337 e. The molecule has 0 unspecified atom stereocenters. The monoisotopic (exact) mass is 411 g/mol. The van der Waals surface area contributed by atoms with Crippen LogP contribution in [0.3, 0.4) is 0 Å². The number of ether oxygens (including phenoxy) is 1. The van der Waals surface area contributed by atoms with Crippen LogP contribution in [0.5, 0.6) is 0 Å². The zero-order valence-electron chi connectivity index (χ0n) is 14.7. The van der Waals surface area contributed by atoms with Gasteiger partial charge in [0.25, 0.3) is 5.56 Å². The Hall–Kier alpha value is -3.08. The quantitative estimate of drug-likeness (QED) is 0.386. The Morgan fingerprint density at radius 2 is 1.89 bits per heavy atom. The third-order valence-corrected chi connectivity index (χ3v) is 5.07. The van der Waals surface area contributed by atoms with E-state index in [1.165, 1.54) is 18.9 Å². The van der Waals surface area contributed by atoms with E-state index in [1.807, 2.05) is 6.07 Å². The Morgan fingerprint density at radius 3 is 2.50 bits per heavy atom. The van der Waals surface area contributed by atoms with Gasteiger partial charge in [0, 0.05) is 16.3 Å². The van der Waals surface area contributed by atoms with Gasteiger partial charge in [-0.2, -0.15) is 5.26 Å². The number of rotatable bonds is 5. The second kappa shape index (κ2) is 8.74. The molecule has 0 spiro atoms. The van der Waals surface area contributed by atoms with Gasteiger partial charge in [-0.1, -0.05) is 47.6 Å². The second-order valence-electron chi connectivity index (χ2n) is 5.69. The number of methoxy groups -OCH3 is 1. The molecule has 1 N–H and O–H groups in total. The summed E-state index contributed by atoms with van der Waals surface area (Å²) >= 11 is 7.23. The zero-order valence-corrected chi connectivity index (χ0v) is 16.3. The molecule has 0 radical (unpaired) electrons. The maximum Gasteiger partial charge on any atom is 0.337 e. The van der Waals surface area contributed by atoms with E-state index in [9.17, 15) is 14.9 Å². The molecule has 0 aliphatic heterocycles. The number of thioether (sulfide) groups is 1. The van der Waals surface area contributed by atoms with Crippen molar-refractivity contribution in [2.75, 3.05) is 7.11 Å². The van der Waals surface area contributed by atoms with Crippen LogP contribution in [-0.4, -0.2) is 23.0 Å². The molecule has 1 heterocycles. The van der Waals surface area contributed by atoms with E-state index in [0.717, 1.165) is 5.56 Å². The third kappa shape index (κ3) is 4.42. The van der Waals surface area contributed by atoms with E-state index in [2.05, 4.69) is 14.7 Å². The molecule has 0 saturated heterocycles. The van der Waals surface area contributed by atoms with Crippen molar-refractivity contribution in [1.82, 2.24) is 9.97 Å². The molecule has 0 aliphatic rings. The van der Waals surface area contributed by atoms with Gasteiger partial charge < -0.3 is 9.72 Å². The lowest BCUT2D eigenvalue weighted by Gasteiger charge is -2.07. The summed E-state index contributed by atoms with van der Waals surface area (Å²) in [4.78, 5) is 30.8. The fourth-order valence-electron chi connectivity index (χ4n) is 2.45. The molecular formula is C20H14ClN3O3S. The van der Waals surface area contributed by atoms with Crippen molar-refractivity contribution in [1.29, 1.82) is 5.26 Å². The number of H-pyrrole nitrogens is 1. The first kappa shape index (κ1) is 19.7. The molecule has 2 aromatic carbocycles. The number of benzene rings is 2. The van der Waals surface area contributed by atoms with Crippen molar-refractivity contribution >= 4 is 29.3 Å². The van der Waals surface area contributed by atoms with Crippen LogP contribution in [0.25, 0.3) is 11.3 Å². The van der Waals surface area contributed by atoms with Crippen LogP contribution in [0, 0.1) is 11.3 Å². The van der Waals surface area contributed by atoms with Crippen molar-refractivity contribution in [2.45, 2.75) is 10.9 Å². The number of aromatic amines is 1. The first-order valence-electron chi connectivity index (χ1n) is 8.12. The summed E-state index contributed by atoms with van der Waals surface area (Å²) < 4.78 is 4.67. The lowest BCUT2D eigenvalue weighted by Crippen LogP contribution is -2.14. The molecule has 0 saturated carbocycles. The van der Waals surface area contributed by atoms with E-state index < -0.39 is 11.5 Å². The molecular weight excluding hydrogens is 398 g/mol. The minimum Gasteiger partial charge on any atom is -0.465 e. The molecule has 0 aliphatic carbocycles. The molecule has 28 heavy (non-hydrogen) atoms. The Kier molecular flexibility index (Phi) is 6.14. The predicted octanol–water partition coefficient (Wildman–Crippen LogP) is 4.04. The standard InChI is InChI=1S/C20H14ClN3O3S/c1-27-19(26)14-4-2-12(3-5-14)11-28-20-23-17(16(10-22)18(25)24-20)13-6-8-15(21)9-7-13/h2-9H,11H2,1H3,(H,23,24,25). The summed E-state index contributed by atoms with van der Waals surface area (Å²) in [5, 5.41) is 10.3. The third-order valence-electron chi connectivity index (χ3n) is 3.88. The predicted molar refractivity (Wildman–Crippen MR) is 107 cm³/mol. The van der Waals surface area contributed by atoms with Crippen LogP contribution in [0.2, 0.25) is 5.02 Å². The summed E-state index contributed by atoms with van der Waals surface area (Å²) in [5.41, 5.74) is 1.81. The number of hydrogen-bond donors (Lipinski definition) is 1. The molecule has 1 aromatic heterocycles. The van der Waals surface area contributed by atoms with E-state index in [-0.39, 0.29) is 5.56 Å². The van der Waals surface area contributed by atoms with Crippen LogP contribution in [0.1, 0.15) is 21.5 Å². The number of nitriles is 1. The molecule has 0 bridgehead atoms. The van der Waals surface area contributed by atoms with Crippen molar-refractivity contribution in [3.63, 3.8) is 0 Å². The molecule has 140 valence electrons. The van der Waals surface area contributed by atoms with E-state index >= 15 is 0 Å². The number of nitrogens with one attached hydrogen (secondary N) is 1. The number of hydrogen-bond acceptors (Lipinski definition) is 6. The van der Waals surface area contributed by atoms with E-state index in [0.29, 0.717) is 32.8 Å². The first-order chi connectivity index (χ1) is 13.5. The first-order valence-corrected chi connectivity index (χ1v) is 9.48. The number of halogens is 1. The Labute approximate surface area is 170 Å². The Balaban J connectivity index is 1.85. The summed E-state index contributed by atoms with van der Waals surface area (Å²) in [7, 11) is 1.33. The summed E-state index contributed by atoms with van der Waals surface area (Å²) in [5.74, 6) is 0.126. The topological polar surface area (TPSA) is 95.8 Å². The molecule has 3 rings (SSSR count). The lowest BCUT2D eigenvalue weighted by molar-refractivity contribution is 0.0600. The fraction of sp³-hybridized carbons (Fsp3) is 0.100. The number of aromatic nitrogens is 2. The van der Waals surface area contributed by atoms with Gasteiger partial charge >= 0.3 is 5.97 Å². The van der Waals surface area contributed by atoms with Crippen LogP contribution < -0.4 is 5.56 Å². The van der Waals surface area contributed by atoms with Gasteiger partial charge in [-0.15, -0.1) is 0 Å². The molecule has 0 amide bonds. The molecule has 0 atom stereocenters. The van der Waals surface area contributed by atoms with Crippen molar-refractivity contribution in [2.24, 2.45) is 0 Å². The highest BCUT2D eigenvalue weighted by molar-refractivity contribution is 7.98. The summed E-state index contributed by atoms with van der Waals surface area (Å²) in [6, 6.07) is 15.7. The van der Waals surface area contributed by atoms with Gasteiger partial charge in [-0.05, 0) is 29.8 Å². The average Bonchev–Trinajstić information content (AvgIpc) is 2.72. The van der Waals surface area contributed by atoms with Gasteiger partial charge in [0.2, 0.25) is 0 Å². The minimum atomic E-state index is -0.494. The van der Waals surface area contributed by atoms with Crippen molar-refractivity contribution in [3.05, 3.63) is 80.6 Å². The van der Waals surface area contributed by atoms with Gasteiger partial charge in [-0.25, -0.2) is 9.78 Å². The lowest BCUT2D eigenvalue weighted by atomic mass is 10.1. The zero-order chi connectivity index (χ0) is 20.1.